The van der Waals surface area contributed by atoms with Gasteiger partial charge in [0, 0.05) is 11.3 Å². The first-order valence-electron chi connectivity index (χ1n) is 8.94. The van der Waals surface area contributed by atoms with Crippen LogP contribution >= 0.6 is 0 Å². The molecule has 0 spiro atoms. The summed E-state index contributed by atoms with van der Waals surface area (Å²) in [6.45, 7) is 3.67. The highest BCUT2D eigenvalue weighted by molar-refractivity contribution is 7.92. The molecule has 7 heteroatoms. The second-order valence-corrected chi connectivity index (χ2v) is 8.26. The molecule has 3 aromatic rings. The highest BCUT2D eigenvalue weighted by atomic mass is 32.2. The van der Waals surface area contributed by atoms with Crippen molar-refractivity contribution in [3.63, 3.8) is 0 Å². The fourth-order valence-electron chi connectivity index (χ4n) is 2.94. The Balaban J connectivity index is 1.75. The second-order valence-electron chi connectivity index (χ2n) is 6.61. The van der Waals surface area contributed by atoms with Gasteiger partial charge in [-0.25, -0.2) is 8.42 Å². The Hall–Kier alpha value is -3.32. The second kappa shape index (κ2) is 8.36. The fraction of sp³-hybridized carbons (Fsp3) is 0.136. The molecule has 0 aliphatic carbocycles. The maximum atomic E-state index is 12.7. The number of carbonyl (C=O) groups excluding carboxylic acids is 1. The molecule has 3 aromatic carbocycles. The van der Waals surface area contributed by atoms with Crippen LogP contribution in [0, 0.1) is 13.8 Å². The van der Waals surface area contributed by atoms with Crippen LogP contribution in [0.15, 0.2) is 71.6 Å². The minimum Gasteiger partial charge on any atom is -0.495 e. The SMILES string of the molecule is COc1ccccc1NC(=O)c1ccc(NS(=O)(=O)c2ccc(C)cc2C)cc1. The summed E-state index contributed by atoms with van der Waals surface area (Å²) < 4.78 is 33.1. The van der Waals surface area contributed by atoms with Crippen LogP contribution in [-0.4, -0.2) is 21.4 Å². The van der Waals surface area contributed by atoms with E-state index < -0.39 is 10.0 Å². The zero-order chi connectivity index (χ0) is 21.0. The molecule has 150 valence electrons. The molecule has 0 fully saturated rings. The molecule has 0 heterocycles. The van der Waals surface area contributed by atoms with Crippen LogP contribution in [0.5, 0.6) is 5.75 Å². The topological polar surface area (TPSA) is 84.5 Å². The summed E-state index contributed by atoms with van der Waals surface area (Å²) in [5, 5.41) is 2.78. The number of anilines is 2. The quantitative estimate of drug-likeness (QED) is 0.632. The van der Waals surface area contributed by atoms with Gasteiger partial charge in [-0.2, -0.15) is 0 Å². The molecule has 0 saturated heterocycles. The number of carbonyl (C=O) groups is 1. The molecular weight excluding hydrogens is 388 g/mol. The molecule has 0 unspecified atom stereocenters. The lowest BCUT2D eigenvalue weighted by Gasteiger charge is -2.12. The van der Waals surface area contributed by atoms with Gasteiger partial charge in [0.25, 0.3) is 15.9 Å². The number of para-hydroxylation sites is 2. The van der Waals surface area contributed by atoms with Crippen molar-refractivity contribution in [3.05, 3.63) is 83.4 Å². The highest BCUT2D eigenvalue weighted by Crippen LogP contribution is 2.24. The lowest BCUT2D eigenvalue weighted by Crippen LogP contribution is -2.15. The molecule has 2 N–H and O–H groups in total. The van der Waals surface area contributed by atoms with Crippen LogP contribution in [-0.2, 0) is 10.0 Å². The molecule has 3 rings (SSSR count). The number of amides is 1. The number of hydrogen-bond acceptors (Lipinski definition) is 4. The van der Waals surface area contributed by atoms with Gasteiger partial charge in [-0.3, -0.25) is 9.52 Å². The van der Waals surface area contributed by atoms with Crippen LogP contribution in [0.3, 0.4) is 0 Å². The van der Waals surface area contributed by atoms with Crippen molar-refractivity contribution in [2.75, 3.05) is 17.1 Å². The summed E-state index contributed by atoms with van der Waals surface area (Å²) in [7, 11) is -2.19. The Bertz CT molecular complexity index is 1140. The molecule has 0 aromatic heterocycles. The molecule has 0 radical (unpaired) electrons. The van der Waals surface area contributed by atoms with Crippen LogP contribution in [0.25, 0.3) is 0 Å². The number of ether oxygens (including phenoxy) is 1. The first-order chi connectivity index (χ1) is 13.8. The van der Waals surface area contributed by atoms with Gasteiger partial charge in [-0.05, 0) is 61.9 Å². The van der Waals surface area contributed by atoms with E-state index in [-0.39, 0.29) is 10.8 Å². The van der Waals surface area contributed by atoms with E-state index in [0.717, 1.165) is 5.56 Å². The molecular formula is C22H22N2O4S. The standard InChI is InChI=1S/C22H22N2O4S/c1-15-8-13-21(16(2)14-15)29(26,27)24-18-11-9-17(10-12-18)22(25)23-19-6-4-5-7-20(19)28-3/h4-14,24H,1-3H3,(H,23,25). The maximum Gasteiger partial charge on any atom is 0.262 e. The third-order valence-electron chi connectivity index (χ3n) is 4.37. The third kappa shape index (κ3) is 4.75. The monoisotopic (exact) mass is 410 g/mol. The van der Waals surface area contributed by atoms with Crippen molar-refractivity contribution in [1.29, 1.82) is 0 Å². The van der Waals surface area contributed by atoms with E-state index in [1.165, 1.54) is 7.11 Å². The fourth-order valence-corrected chi connectivity index (χ4v) is 4.23. The lowest BCUT2D eigenvalue weighted by molar-refractivity contribution is 0.102. The molecule has 1 amide bonds. The summed E-state index contributed by atoms with van der Waals surface area (Å²) >= 11 is 0. The van der Waals surface area contributed by atoms with Gasteiger partial charge in [-0.1, -0.05) is 29.8 Å². The molecule has 0 aliphatic rings. The third-order valence-corrected chi connectivity index (χ3v) is 5.92. The number of sulfonamides is 1. The van der Waals surface area contributed by atoms with E-state index in [0.29, 0.717) is 28.3 Å². The Morgan fingerprint density at radius 1 is 0.931 bits per heavy atom. The van der Waals surface area contributed by atoms with Gasteiger partial charge in [0.05, 0.1) is 17.7 Å². The summed E-state index contributed by atoms with van der Waals surface area (Å²) in [6.07, 6.45) is 0. The molecule has 0 saturated carbocycles. The summed E-state index contributed by atoms with van der Waals surface area (Å²) in [5.74, 6) is 0.233. The number of benzene rings is 3. The van der Waals surface area contributed by atoms with Gasteiger partial charge in [0.1, 0.15) is 5.75 Å². The smallest absolute Gasteiger partial charge is 0.262 e. The number of methoxy groups -OCH3 is 1. The number of nitrogens with one attached hydrogen (secondary N) is 2. The van der Waals surface area contributed by atoms with Gasteiger partial charge in [0.2, 0.25) is 0 Å². The molecule has 0 bridgehead atoms. The van der Waals surface area contributed by atoms with E-state index in [2.05, 4.69) is 10.0 Å². The van der Waals surface area contributed by atoms with E-state index >= 15 is 0 Å². The normalized spacial score (nSPS) is 11.0. The van der Waals surface area contributed by atoms with Gasteiger partial charge in [-0.15, -0.1) is 0 Å². The number of hydrogen-bond donors (Lipinski definition) is 2. The predicted molar refractivity (Wildman–Crippen MR) is 114 cm³/mol. The minimum absolute atomic E-state index is 0.223. The molecule has 29 heavy (non-hydrogen) atoms. The Morgan fingerprint density at radius 2 is 1.62 bits per heavy atom. The maximum absolute atomic E-state index is 12.7. The van der Waals surface area contributed by atoms with Crippen molar-refractivity contribution in [2.45, 2.75) is 18.7 Å². The largest absolute Gasteiger partial charge is 0.495 e. The van der Waals surface area contributed by atoms with Crippen LogP contribution in [0.1, 0.15) is 21.5 Å². The van der Waals surface area contributed by atoms with E-state index in [4.69, 9.17) is 4.74 Å². The summed E-state index contributed by atoms with van der Waals surface area (Å²) in [5.41, 5.74) is 2.99. The minimum atomic E-state index is -3.72. The van der Waals surface area contributed by atoms with Gasteiger partial charge < -0.3 is 10.1 Å². The average molecular weight is 410 g/mol. The zero-order valence-corrected chi connectivity index (χ0v) is 17.2. The van der Waals surface area contributed by atoms with Crippen molar-refractivity contribution >= 4 is 27.3 Å². The number of rotatable bonds is 6. The summed E-state index contributed by atoms with van der Waals surface area (Å²) in [6, 6.07) is 18.5. The van der Waals surface area contributed by atoms with E-state index in [1.807, 2.05) is 19.1 Å². The predicted octanol–water partition coefficient (Wildman–Crippen LogP) is 4.37. The van der Waals surface area contributed by atoms with Crippen LogP contribution in [0.2, 0.25) is 0 Å². The van der Waals surface area contributed by atoms with Crippen molar-refractivity contribution in [2.24, 2.45) is 0 Å². The molecule has 0 aliphatic heterocycles. The average Bonchev–Trinajstić information content (AvgIpc) is 2.68. The van der Waals surface area contributed by atoms with Crippen molar-refractivity contribution in [3.8, 4) is 5.75 Å². The van der Waals surface area contributed by atoms with Crippen molar-refractivity contribution < 1.29 is 17.9 Å². The zero-order valence-electron chi connectivity index (χ0n) is 16.4. The first-order valence-corrected chi connectivity index (χ1v) is 10.4. The highest BCUT2D eigenvalue weighted by Gasteiger charge is 2.17. The number of aryl methyl sites for hydroxylation is 2. The van der Waals surface area contributed by atoms with Crippen LogP contribution in [0.4, 0.5) is 11.4 Å². The Morgan fingerprint density at radius 3 is 2.28 bits per heavy atom. The van der Waals surface area contributed by atoms with Crippen LogP contribution < -0.4 is 14.8 Å². The van der Waals surface area contributed by atoms with E-state index in [1.54, 1.807) is 61.5 Å². The van der Waals surface area contributed by atoms with E-state index in [9.17, 15) is 13.2 Å². The first kappa shape index (κ1) is 20.4. The molecule has 6 nitrogen and oxygen atoms in total. The van der Waals surface area contributed by atoms with Gasteiger partial charge in [0.15, 0.2) is 0 Å². The molecule has 0 atom stereocenters. The Kier molecular flexibility index (Phi) is 5.89. The van der Waals surface area contributed by atoms with Gasteiger partial charge >= 0.3 is 0 Å². The lowest BCUT2D eigenvalue weighted by atomic mass is 10.2. The summed E-state index contributed by atoms with van der Waals surface area (Å²) in [4.78, 5) is 12.7. The Labute approximate surface area is 170 Å². The van der Waals surface area contributed by atoms with Crippen molar-refractivity contribution in [1.82, 2.24) is 0 Å².